The highest BCUT2D eigenvalue weighted by Gasteiger charge is 2.15. The molecule has 0 aliphatic carbocycles. The molecule has 1 aromatic heterocycles. The Morgan fingerprint density at radius 2 is 2.00 bits per heavy atom. The van der Waals surface area contributed by atoms with E-state index in [2.05, 4.69) is 0 Å². The maximum Gasteiger partial charge on any atom is 0.187 e. The lowest BCUT2D eigenvalue weighted by Crippen LogP contribution is -2.05. The minimum Gasteiger partial charge on any atom is -0.306 e. The number of thiophene rings is 1. The molecular formula is C10H16O4S3. The third kappa shape index (κ3) is 5.29. The lowest BCUT2D eigenvalue weighted by Gasteiger charge is -2.01. The van der Waals surface area contributed by atoms with Crippen molar-refractivity contribution in [3.63, 3.8) is 0 Å². The van der Waals surface area contributed by atoms with E-state index in [1.165, 1.54) is 11.3 Å². The minimum absolute atomic E-state index is 0.116. The van der Waals surface area contributed by atoms with Crippen molar-refractivity contribution < 1.29 is 17.2 Å². The molecule has 0 saturated heterocycles. The van der Waals surface area contributed by atoms with E-state index < -0.39 is 20.9 Å². The topological polar surface area (TPSA) is 71.4 Å². The molecule has 0 aromatic carbocycles. The first-order valence-electron chi connectivity index (χ1n) is 5.28. The SMILES string of the molecule is Cc1ccc(S(=O)(=O)CCCCCS(=O)O)s1. The van der Waals surface area contributed by atoms with Gasteiger partial charge in [-0.3, -0.25) is 0 Å². The zero-order valence-corrected chi connectivity index (χ0v) is 12.0. The van der Waals surface area contributed by atoms with Crippen molar-refractivity contribution in [3.8, 4) is 0 Å². The van der Waals surface area contributed by atoms with Gasteiger partial charge in [0.15, 0.2) is 20.9 Å². The Morgan fingerprint density at radius 3 is 2.53 bits per heavy atom. The Hall–Kier alpha value is -0.240. The fraction of sp³-hybridized carbons (Fsp3) is 0.600. The van der Waals surface area contributed by atoms with E-state index in [1.807, 2.05) is 6.92 Å². The monoisotopic (exact) mass is 296 g/mol. The van der Waals surface area contributed by atoms with E-state index in [1.54, 1.807) is 12.1 Å². The molecule has 1 unspecified atom stereocenters. The summed E-state index contributed by atoms with van der Waals surface area (Å²) < 4.78 is 43.0. The van der Waals surface area contributed by atoms with Crippen LogP contribution in [0.15, 0.2) is 16.3 Å². The molecule has 1 N–H and O–H groups in total. The first-order valence-corrected chi connectivity index (χ1v) is 9.03. The normalized spacial score (nSPS) is 13.8. The molecule has 1 aromatic rings. The number of unbranched alkanes of at least 4 members (excludes halogenated alkanes) is 2. The zero-order chi connectivity index (χ0) is 12.9. The van der Waals surface area contributed by atoms with Crippen molar-refractivity contribution in [1.82, 2.24) is 0 Å². The van der Waals surface area contributed by atoms with Crippen LogP contribution >= 0.6 is 11.3 Å². The van der Waals surface area contributed by atoms with Crippen molar-refractivity contribution in [1.29, 1.82) is 0 Å². The molecule has 0 fully saturated rings. The lowest BCUT2D eigenvalue weighted by molar-refractivity contribution is 0.559. The van der Waals surface area contributed by atoms with Gasteiger partial charge in [-0.1, -0.05) is 6.42 Å². The second kappa shape index (κ2) is 6.63. The fourth-order valence-electron chi connectivity index (χ4n) is 1.37. The summed E-state index contributed by atoms with van der Waals surface area (Å²) in [7, 11) is -3.16. The largest absolute Gasteiger partial charge is 0.306 e. The van der Waals surface area contributed by atoms with Crippen LogP contribution in [0, 0.1) is 6.92 Å². The standard InChI is InChI=1S/C10H16O4S3/c1-9-5-6-10(15-9)17(13,14)8-4-2-3-7-16(11)12/h5-6H,2-4,7-8H2,1H3,(H,11,12). The lowest BCUT2D eigenvalue weighted by atomic mass is 10.3. The Morgan fingerprint density at radius 1 is 1.29 bits per heavy atom. The maximum absolute atomic E-state index is 11.8. The molecule has 1 atom stereocenters. The summed E-state index contributed by atoms with van der Waals surface area (Å²) in [4.78, 5) is 0.985. The molecule has 4 nitrogen and oxygen atoms in total. The molecule has 7 heteroatoms. The third-order valence-electron chi connectivity index (χ3n) is 2.25. The van der Waals surface area contributed by atoms with Gasteiger partial charge in [0.1, 0.15) is 4.21 Å². The summed E-state index contributed by atoms with van der Waals surface area (Å²) in [6.45, 7) is 1.88. The molecule has 1 rings (SSSR count). The van der Waals surface area contributed by atoms with Crippen molar-refractivity contribution in [2.45, 2.75) is 30.4 Å². The molecule has 0 amide bonds. The molecule has 0 aliphatic rings. The van der Waals surface area contributed by atoms with Crippen molar-refractivity contribution in [2.75, 3.05) is 11.5 Å². The van der Waals surface area contributed by atoms with Crippen LogP contribution in [0.25, 0.3) is 0 Å². The Kier molecular flexibility index (Phi) is 5.78. The predicted octanol–water partition coefficient (Wildman–Crippen LogP) is 2.22. The van der Waals surface area contributed by atoms with E-state index in [4.69, 9.17) is 4.55 Å². The van der Waals surface area contributed by atoms with E-state index in [9.17, 15) is 12.6 Å². The van der Waals surface area contributed by atoms with Crippen LogP contribution in [0.5, 0.6) is 0 Å². The Bertz CT molecular complexity index is 475. The molecule has 0 spiro atoms. The van der Waals surface area contributed by atoms with Gasteiger partial charge in [0.25, 0.3) is 0 Å². The third-order valence-corrected chi connectivity index (χ3v) is 6.27. The summed E-state index contributed by atoms with van der Waals surface area (Å²) in [5.74, 6) is 0.336. The predicted molar refractivity (Wildman–Crippen MR) is 70.6 cm³/mol. The molecule has 0 saturated carbocycles. The second-order valence-electron chi connectivity index (χ2n) is 3.77. The summed E-state index contributed by atoms with van der Waals surface area (Å²) in [6.07, 6.45) is 1.79. The first-order chi connectivity index (χ1) is 7.92. The minimum atomic E-state index is -3.16. The van der Waals surface area contributed by atoms with Gasteiger partial charge < -0.3 is 4.55 Å². The van der Waals surface area contributed by atoms with Gasteiger partial charge in [-0.2, -0.15) is 0 Å². The van der Waals surface area contributed by atoms with Gasteiger partial charge in [-0.05, 0) is 31.9 Å². The average molecular weight is 296 g/mol. The number of aryl methyl sites for hydroxylation is 1. The first kappa shape index (κ1) is 14.8. The van der Waals surface area contributed by atoms with E-state index in [0.717, 1.165) is 4.88 Å². The molecule has 17 heavy (non-hydrogen) atoms. The van der Waals surface area contributed by atoms with Crippen LogP contribution < -0.4 is 0 Å². The molecule has 98 valence electrons. The fourth-order valence-corrected chi connectivity index (χ4v) is 4.63. The van der Waals surface area contributed by atoms with Crippen LogP contribution in [-0.4, -0.2) is 28.7 Å². The highest BCUT2D eigenvalue weighted by atomic mass is 32.2. The average Bonchev–Trinajstić information content (AvgIpc) is 2.64. The number of hydrogen-bond acceptors (Lipinski definition) is 4. The van der Waals surface area contributed by atoms with Crippen molar-refractivity contribution >= 4 is 32.3 Å². The number of sulfone groups is 1. The summed E-state index contributed by atoms with van der Waals surface area (Å²) in [5.41, 5.74) is 0. The van der Waals surface area contributed by atoms with E-state index in [0.29, 0.717) is 23.5 Å². The van der Waals surface area contributed by atoms with Gasteiger partial charge in [0.2, 0.25) is 0 Å². The summed E-state index contributed by atoms with van der Waals surface area (Å²) in [5, 5.41) is 0. The van der Waals surface area contributed by atoms with Gasteiger partial charge in [-0.15, -0.1) is 11.3 Å². The Labute approximate surface area is 108 Å². The quantitative estimate of drug-likeness (QED) is 0.618. The van der Waals surface area contributed by atoms with Gasteiger partial charge in [0.05, 0.1) is 5.75 Å². The van der Waals surface area contributed by atoms with Gasteiger partial charge >= 0.3 is 0 Å². The van der Waals surface area contributed by atoms with Crippen LogP contribution in [0.4, 0.5) is 0 Å². The van der Waals surface area contributed by atoms with E-state index in [-0.39, 0.29) is 11.5 Å². The van der Waals surface area contributed by atoms with Crippen LogP contribution in [0.2, 0.25) is 0 Å². The van der Waals surface area contributed by atoms with Gasteiger partial charge in [-0.25, -0.2) is 12.6 Å². The number of rotatable bonds is 7. The van der Waals surface area contributed by atoms with Crippen molar-refractivity contribution in [3.05, 3.63) is 17.0 Å². The van der Waals surface area contributed by atoms with E-state index >= 15 is 0 Å². The molecule has 1 heterocycles. The second-order valence-corrected chi connectivity index (χ2v) is 8.45. The molecule has 0 radical (unpaired) electrons. The van der Waals surface area contributed by atoms with Crippen LogP contribution in [-0.2, 0) is 20.9 Å². The smallest absolute Gasteiger partial charge is 0.187 e. The Balaban J connectivity index is 2.38. The summed E-state index contributed by atoms with van der Waals surface area (Å²) in [6, 6.07) is 3.44. The molecule has 0 bridgehead atoms. The zero-order valence-electron chi connectivity index (χ0n) is 9.59. The molecular weight excluding hydrogens is 280 g/mol. The molecule has 0 aliphatic heterocycles. The van der Waals surface area contributed by atoms with Gasteiger partial charge in [0, 0.05) is 10.6 Å². The highest BCUT2D eigenvalue weighted by Crippen LogP contribution is 2.22. The number of hydrogen-bond donors (Lipinski definition) is 1. The van der Waals surface area contributed by atoms with Crippen LogP contribution in [0.1, 0.15) is 24.1 Å². The van der Waals surface area contributed by atoms with Crippen molar-refractivity contribution in [2.24, 2.45) is 0 Å². The maximum atomic E-state index is 11.8. The summed E-state index contributed by atoms with van der Waals surface area (Å²) >= 11 is -0.483. The van der Waals surface area contributed by atoms with Crippen LogP contribution in [0.3, 0.4) is 0 Å². The highest BCUT2D eigenvalue weighted by molar-refractivity contribution is 7.93.